The summed E-state index contributed by atoms with van der Waals surface area (Å²) in [5.41, 5.74) is 5.66. The Hall–Kier alpha value is -2.28. The average Bonchev–Trinajstić information content (AvgIpc) is 3.02. The van der Waals surface area contributed by atoms with E-state index in [1.165, 1.54) is 27.4 Å². The molecule has 4 nitrogen and oxygen atoms in total. The number of hydrogen-bond acceptors (Lipinski definition) is 3. The third-order valence-electron chi connectivity index (χ3n) is 4.50. The molecule has 1 amide bonds. The quantitative estimate of drug-likeness (QED) is 0.585. The molecule has 0 unspecified atom stereocenters. The van der Waals surface area contributed by atoms with Gasteiger partial charge in [0, 0.05) is 17.5 Å². The van der Waals surface area contributed by atoms with Gasteiger partial charge in [-0.05, 0) is 30.3 Å². The molecule has 2 aromatic carbocycles. The molecule has 0 aliphatic carbocycles. The van der Waals surface area contributed by atoms with E-state index in [0.29, 0.717) is 10.5 Å². The van der Waals surface area contributed by atoms with E-state index in [9.17, 15) is 4.79 Å². The fraction of sp³-hybridized carbons (Fsp3) is 0.273. The Morgan fingerprint density at radius 3 is 2.36 bits per heavy atom. The fourth-order valence-electron chi connectivity index (χ4n) is 3.01. The summed E-state index contributed by atoms with van der Waals surface area (Å²) in [6, 6.07) is 16.7. The summed E-state index contributed by atoms with van der Waals surface area (Å²) < 4.78 is 2.62. The topological polar surface area (TPSA) is 38.5 Å². The van der Waals surface area contributed by atoms with E-state index < -0.39 is 0 Å². The van der Waals surface area contributed by atoms with Crippen molar-refractivity contribution in [1.29, 1.82) is 0 Å². The molecule has 0 fully saturated rings. The lowest BCUT2D eigenvalue weighted by Crippen LogP contribution is -3.04. The van der Waals surface area contributed by atoms with Gasteiger partial charge in [-0.25, -0.2) is 0 Å². The van der Waals surface area contributed by atoms with E-state index in [-0.39, 0.29) is 12.5 Å². The van der Waals surface area contributed by atoms with Crippen molar-refractivity contribution in [3.63, 3.8) is 0 Å². The van der Waals surface area contributed by atoms with Crippen LogP contribution in [0.25, 0.3) is 11.3 Å². The number of carbonyl (C=O) groups is 1. The molecular weight excluding hydrogens is 386 g/mol. The minimum atomic E-state index is -0.0373. The monoisotopic (exact) mass is 412 g/mol. The molecule has 0 spiro atoms. The van der Waals surface area contributed by atoms with E-state index in [2.05, 4.69) is 74.9 Å². The van der Waals surface area contributed by atoms with Gasteiger partial charge < -0.3 is 14.8 Å². The summed E-state index contributed by atoms with van der Waals surface area (Å²) in [5, 5.41) is 5.03. The number of thiazole rings is 1. The van der Waals surface area contributed by atoms with Crippen molar-refractivity contribution < 1.29 is 9.69 Å². The van der Waals surface area contributed by atoms with Crippen molar-refractivity contribution >= 4 is 29.5 Å². The Labute approximate surface area is 175 Å². The number of nitrogens with one attached hydrogen (secondary N) is 2. The largest absolute Gasteiger partial charge is 0.350 e. The Bertz CT molecular complexity index is 986. The lowest BCUT2D eigenvalue weighted by atomic mass is 10.1. The first kappa shape index (κ1) is 20.5. The van der Waals surface area contributed by atoms with Gasteiger partial charge in [0.2, 0.25) is 5.91 Å². The molecule has 0 atom stereocenters. The molecule has 3 rings (SSSR count). The minimum Gasteiger partial charge on any atom is -0.350 e. The highest BCUT2D eigenvalue weighted by atomic mass is 32.1. The van der Waals surface area contributed by atoms with Crippen molar-refractivity contribution in [2.75, 3.05) is 14.1 Å². The maximum absolute atomic E-state index is 12.5. The number of rotatable bonds is 7. The van der Waals surface area contributed by atoms with Crippen LogP contribution in [0.2, 0.25) is 0 Å². The van der Waals surface area contributed by atoms with Crippen molar-refractivity contribution in [3.05, 3.63) is 74.6 Å². The molecule has 1 aromatic heterocycles. The zero-order valence-electron chi connectivity index (χ0n) is 16.5. The van der Waals surface area contributed by atoms with Gasteiger partial charge in [-0.3, -0.25) is 4.79 Å². The second-order valence-corrected chi connectivity index (χ2v) is 8.82. The van der Waals surface area contributed by atoms with Crippen LogP contribution in [0.4, 0.5) is 0 Å². The number of nitrogens with zero attached hydrogens (tertiary/aromatic N) is 1. The summed E-state index contributed by atoms with van der Waals surface area (Å²) in [4.78, 5) is 13.9. The molecule has 0 bridgehead atoms. The summed E-state index contributed by atoms with van der Waals surface area (Å²) in [6.45, 7) is 3.80. The highest BCUT2D eigenvalue weighted by molar-refractivity contribution is 7.73. The Morgan fingerprint density at radius 1 is 1.07 bits per heavy atom. The van der Waals surface area contributed by atoms with Crippen molar-refractivity contribution in [3.8, 4) is 11.3 Å². The van der Waals surface area contributed by atoms with E-state index in [4.69, 9.17) is 12.2 Å². The maximum Gasteiger partial charge on any atom is 0.240 e. The first-order valence-corrected chi connectivity index (χ1v) is 10.6. The van der Waals surface area contributed by atoms with Gasteiger partial charge in [0.15, 0.2) is 3.95 Å². The van der Waals surface area contributed by atoms with Crippen LogP contribution >= 0.6 is 23.6 Å². The molecular formula is C22H26N3OS2+. The summed E-state index contributed by atoms with van der Waals surface area (Å²) in [7, 11) is 4.27. The lowest BCUT2D eigenvalue weighted by Gasteiger charge is -2.11. The van der Waals surface area contributed by atoms with E-state index in [1.807, 2.05) is 9.95 Å². The van der Waals surface area contributed by atoms with Gasteiger partial charge >= 0.3 is 0 Å². The van der Waals surface area contributed by atoms with E-state index in [0.717, 1.165) is 23.4 Å². The van der Waals surface area contributed by atoms with Crippen molar-refractivity contribution in [2.45, 2.75) is 26.6 Å². The zero-order valence-corrected chi connectivity index (χ0v) is 18.1. The van der Waals surface area contributed by atoms with Gasteiger partial charge in [0.05, 0.1) is 19.8 Å². The second-order valence-electron chi connectivity index (χ2n) is 7.32. The van der Waals surface area contributed by atoms with Gasteiger partial charge in [0.25, 0.3) is 0 Å². The van der Waals surface area contributed by atoms with E-state index >= 15 is 0 Å². The standard InChI is InChI=1S/C22H25N3OS2/c1-16-4-10-19(11-5-16)20-15-28-22(27)25(20)14-21(26)23-12-17-6-8-18(9-7-17)13-24(2)3/h4-11,15H,12-14H2,1-3H3,(H,23,26)/p+1. The summed E-state index contributed by atoms with van der Waals surface area (Å²) >= 11 is 6.93. The molecule has 0 saturated carbocycles. The first-order valence-electron chi connectivity index (χ1n) is 9.31. The Balaban J connectivity index is 1.63. The molecule has 146 valence electrons. The third-order valence-corrected chi connectivity index (χ3v) is 5.77. The van der Waals surface area contributed by atoms with Crippen LogP contribution < -0.4 is 10.2 Å². The number of hydrogen-bond donors (Lipinski definition) is 2. The Kier molecular flexibility index (Phi) is 6.78. The average molecular weight is 413 g/mol. The highest BCUT2D eigenvalue weighted by Gasteiger charge is 2.11. The van der Waals surface area contributed by atoms with Crippen LogP contribution in [-0.2, 0) is 24.4 Å². The molecule has 28 heavy (non-hydrogen) atoms. The normalized spacial score (nSPS) is 11.0. The number of aromatic nitrogens is 1. The predicted octanol–water partition coefficient (Wildman–Crippen LogP) is 3.22. The number of aryl methyl sites for hydroxylation is 1. The zero-order chi connectivity index (χ0) is 20.1. The van der Waals surface area contributed by atoms with Crippen LogP contribution in [0.5, 0.6) is 0 Å². The molecule has 0 saturated heterocycles. The van der Waals surface area contributed by atoms with Gasteiger partial charge in [-0.2, -0.15) is 0 Å². The Morgan fingerprint density at radius 2 is 1.71 bits per heavy atom. The van der Waals surface area contributed by atoms with Crippen LogP contribution in [0.1, 0.15) is 16.7 Å². The maximum atomic E-state index is 12.5. The highest BCUT2D eigenvalue weighted by Crippen LogP contribution is 2.24. The molecule has 6 heteroatoms. The number of carbonyl (C=O) groups excluding carboxylic acids is 1. The minimum absolute atomic E-state index is 0.0373. The van der Waals surface area contributed by atoms with Crippen molar-refractivity contribution in [1.82, 2.24) is 9.88 Å². The number of benzene rings is 2. The predicted molar refractivity (Wildman–Crippen MR) is 118 cm³/mol. The molecule has 1 heterocycles. The number of quaternary nitrogens is 1. The summed E-state index contributed by atoms with van der Waals surface area (Å²) in [5.74, 6) is -0.0373. The molecule has 0 radical (unpaired) electrons. The fourth-order valence-corrected chi connectivity index (χ4v) is 4.09. The second kappa shape index (κ2) is 9.28. The molecule has 2 N–H and O–H groups in total. The van der Waals surface area contributed by atoms with Crippen LogP contribution in [0.3, 0.4) is 0 Å². The van der Waals surface area contributed by atoms with Crippen LogP contribution in [-0.4, -0.2) is 24.6 Å². The van der Waals surface area contributed by atoms with Gasteiger partial charge in [-0.15, -0.1) is 11.3 Å². The van der Waals surface area contributed by atoms with Crippen LogP contribution in [0.15, 0.2) is 53.9 Å². The van der Waals surface area contributed by atoms with E-state index in [1.54, 1.807) is 0 Å². The lowest BCUT2D eigenvalue weighted by molar-refractivity contribution is -0.872. The molecule has 3 aromatic rings. The summed E-state index contributed by atoms with van der Waals surface area (Å²) in [6.07, 6.45) is 0. The van der Waals surface area contributed by atoms with Crippen molar-refractivity contribution in [2.24, 2.45) is 0 Å². The molecule has 0 aliphatic heterocycles. The van der Waals surface area contributed by atoms with Crippen LogP contribution in [0, 0.1) is 10.9 Å². The first-order chi connectivity index (χ1) is 13.4. The third kappa shape index (κ3) is 5.38. The van der Waals surface area contributed by atoms with Gasteiger partial charge in [0.1, 0.15) is 13.1 Å². The SMILES string of the molecule is Cc1ccc(-c2csc(=S)n2CC(=O)NCc2ccc(C[NH+](C)C)cc2)cc1. The number of amides is 1. The van der Waals surface area contributed by atoms with Gasteiger partial charge in [-0.1, -0.05) is 54.1 Å². The smallest absolute Gasteiger partial charge is 0.240 e. The molecule has 0 aliphatic rings.